The maximum atomic E-state index is 14.8. The van der Waals surface area contributed by atoms with E-state index in [0.29, 0.717) is 17.7 Å². The van der Waals surface area contributed by atoms with Gasteiger partial charge in [0.05, 0.1) is 4.75 Å². The first kappa shape index (κ1) is 26.6. The Labute approximate surface area is 217 Å². The van der Waals surface area contributed by atoms with E-state index >= 15 is 0 Å². The molecule has 9 heteroatoms. The van der Waals surface area contributed by atoms with Crippen molar-refractivity contribution in [2.45, 2.75) is 32.1 Å². The highest BCUT2D eigenvalue weighted by molar-refractivity contribution is 7.91. The van der Waals surface area contributed by atoms with E-state index in [1.165, 1.54) is 20.8 Å². The lowest BCUT2D eigenvalue weighted by Crippen LogP contribution is -2.46. The largest absolute Gasteiger partial charge is 0.508 e. The van der Waals surface area contributed by atoms with Crippen LogP contribution in [-0.2, 0) is 16.6 Å². The average Bonchev–Trinajstić information content (AvgIpc) is 2.84. The molecule has 1 heterocycles. The molecule has 4 rings (SSSR count). The summed E-state index contributed by atoms with van der Waals surface area (Å²) < 4.78 is 40.3. The third-order valence-corrected chi connectivity index (χ3v) is 8.56. The second-order valence-electron chi connectivity index (χ2n) is 10.2. The van der Waals surface area contributed by atoms with Gasteiger partial charge >= 0.3 is 0 Å². The normalized spacial score (nSPS) is 15.0. The number of aromatic hydroxyl groups is 1. The summed E-state index contributed by atoms with van der Waals surface area (Å²) in [5.74, 6) is -0.861. The molecular weight excluding hydrogens is 493 g/mol. The van der Waals surface area contributed by atoms with Crippen molar-refractivity contribution in [2.75, 3.05) is 31.1 Å². The zero-order valence-corrected chi connectivity index (χ0v) is 22.1. The minimum absolute atomic E-state index is 0.102. The van der Waals surface area contributed by atoms with Gasteiger partial charge < -0.3 is 10.0 Å². The highest BCUT2D eigenvalue weighted by atomic mass is 32.2. The summed E-state index contributed by atoms with van der Waals surface area (Å²) in [5.41, 5.74) is 3.22. The molecule has 0 aliphatic carbocycles. The molecule has 0 spiro atoms. The van der Waals surface area contributed by atoms with Crippen molar-refractivity contribution in [3.8, 4) is 16.9 Å². The van der Waals surface area contributed by atoms with Gasteiger partial charge in [0, 0.05) is 49.5 Å². The number of carbonyl (C=O) groups is 1. The Bertz CT molecular complexity index is 1380. The van der Waals surface area contributed by atoms with Gasteiger partial charge in [0.1, 0.15) is 11.6 Å². The number of halogens is 1. The molecule has 3 aromatic rings. The molecule has 2 N–H and O–H groups in total. The van der Waals surface area contributed by atoms with Crippen LogP contribution in [0.4, 0.5) is 10.1 Å². The number of rotatable bonds is 6. The summed E-state index contributed by atoms with van der Waals surface area (Å²) in [6.07, 6.45) is 0. The van der Waals surface area contributed by atoms with Crippen LogP contribution < -0.4 is 9.62 Å². The summed E-state index contributed by atoms with van der Waals surface area (Å²) >= 11 is 0. The fraction of sp³-hybridized carbons (Fsp3) is 0.321. The Hall–Kier alpha value is -3.43. The van der Waals surface area contributed by atoms with Crippen molar-refractivity contribution >= 4 is 21.6 Å². The van der Waals surface area contributed by atoms with Gasteiger partial charge in [-0.15, -0.1) is 0 Å². The fourth-order valence-electron chi connectivity index (χ4n) is 4.14. The standard InChI is InChI=1S/C28H32FN3O4S/c1-28(2,3)37(35,36)30-27(34)21-8-10-23(11-9-21)32-15-13-31(14-16-32)19-20-7-12-25(26(29)17-20)22-5-4-6-24(33)18-22/h4-12,17-18,33H,13-16,19H2,1-3H3,(H,30,34). The number of phenols is 1. The molecule has 0 bridgehead atoms. The number of phenolic OH excluding ortho intramolecular Hbond substituents is 1. The van der Waals surface area contributed by atoms with E-state index in [2.05, 4.69) is 14.5 Å². The van der Waals surface area contributed by atoms with Crippen LogP contribution in [0.1, 0.15) is 36.7 Å². The summed E-state index contributed by atoms with van der Waals surface area (Å²) in [4.78, 5) is 16.9. The number of hydrogen-bond acceptors (Lipinski definition) is 6. The minimum Gasteiger partial charge on any atom is -0.508 e. The van der Waals surface area contributed by atoms with E-state index in [9.17, 15) is 22.7 Å². The Kier molecular flexibility index (Phi) is 7.57. The van der Waals surface area contributed by atoms with Gasteiger partial charge in [-0.3, -0.25) is 9.69 Å². The van der Waals surface area contributed by atoms with Crippen LogP contribution in [0.5, 0.6) is 5.75 Å². The molecule has 0 atom stereocenters. The molecule has 1 saturated heterocycles. The molecule has 3 aromatic carbocycles. The first-order chi connectivity index (χ1) is 17.4. The van der Waals surface area contributed by atoms with Crippen LogP contribution in [0, 0.1) is 5.82 Å². The number of hydrogen-bond donors (Lipinski definition) is 2. The van der Waals surface area contributed by atoms with Crippen LogP contribution in [0.25, 0.3) is 11.1 Å². The van der Waals surface area contributed by atoms with Crippen LogP contribution in [-0.4, -0.2) is 55.3 Å². The van der Waals surface area contributed by atoms with Crippen molar-refractivity contribution in [2.24, 2.45) is 0 Å². The van der Waals surface area contributed by atoms with Crippen molar-refractivity contribution in [1.29, 1.82) is 0 Å². The molecular formula is C28H32FN3O4S. The molecule has 0 radical (unpaired) electrons. The number of carbonyl (C=O) groups excluding carboxylic acids is 1. The molecule has 0 aromatic heterocycles. The summed E-state index contributed by atoms with van der Waals surface area (Å²) in [6.45, 7) is 8.37. The predicted molar refractivity (Wildman–Crippen MR) is 144 cm³/mol. The first-order valence-corrected chi connectivity index (χ1v) is 13.6. The number of anilines is 1. The topological polar surface area (TPSA) is 90.0 Å². The van der Waals surface area contributed by atoms with E-state index in [-0.39, 0.29) is 17.1 Å². The summed E-state index contributed by atoms with van der Waals surface area (Å²) in [5, 5.41) is 9.67. The van der Waals surface area contributed by atoms with Crippen molar-refractivity contribution in [1.82, 2.24) is 9.62 Å². The van der Waals surface area contributed by atoms with Gasteiger partial charge in [0.15, 0.2) is 0 Å². The third kappa shape index (κ3) is 6.29. The molecule has 37 heavy (non-hydrogen) atoms. The molecule has 0 unspecified atom stereocenters. The van der Waals surface area contributed by atoms with Crippen molar-refractivity contribution in [3.63, 3.8) is 0 Å². The summed E-state index contributed by atoms with van der Waals surface area (Å²) in [7, 11) is -3.78. The molecule has 7 nitrogen and oxygen atoms in total. The number of piperazine rings is 1. The van der Waals surface area contributed by atoms with Gasteiger partial charge in [0.25, 0.3) is 5.91 Å². The first-order valence-electron chi connectivity index (χ1n) is 12.1. The highest BCUT2D eigenvalue weighted by Crippen LogP contribution is 2.27. The molecule has 1 fully saturated rings. The molecule has 0 saturated carbocycles. The van der Waals surface area contributed by atoms with Crippen molar-refractivity contribution < 1.29 is 22.7 Å². The average molecular weight is 526 g/mol. The van der Waals surface area contributed by atoms with Gasteiger partial charge in [-0.1, -0.05) is 24.3 Å². The minimum atomic E-state index is -3.78. The number of amides is 1. The molecule has 1 aliphatic rings. The maximum absolute atomic E-state index is 14.8. The Morgan fingerprint density at radius 1 is 0.973 bits per heavy atom. The number of nitrogens with zero attached hydrogens (tertiary/aromatic N) is 2. The van der Waals surface area contributed by atoms with Crippen LogP contribution in [0.15, 0.2) is 66.7 Å². The fourth-order valence-corrected chi connectivity index (χ4v) is 4.81. The smallest absolute Gasteiger partial charge is 0.264 e. The molecule has 196 valence electrons. The highest BCUT2D eigenvalue weighted by Gasteiger charge is 2.31. The molecule has 1 amide bonds. The lowest BCUT2D eigenvalue weighted by atomic mass is 10.0. The predicted octanol–water partition coefficient (Wildman–Crippen LogP) is 4.38. The van der Waals surface area contributed by atoms with Crippen LogP contribution >= 0.6 is 0 Å². The quantitative estimate of drug-likeness (QED) is 0.497. The second-order valence-corrected chi connectivity index (χ2v) is 12.7. The number of benzene rings is 3. The SMILES string of the molecule is CC(C)(C)S(=O)(=O)NC(=O)c1ccc(N2CCN(Cc3ccc(-c4cccc(O)c4)c(F)c3)CC2)cc1. The zero-order valence-electron chi connectivity index (χ0n) is 21.2. The summed E-state index contributed by atoms with van der Waals surface area (Å²) in [6, 6.07) is 18.7. The molecule has 1 aliphatic heterocycles. The van der Waals surface area contributed by atoms with E-state index in [4.69, 9.17) is 0 Å². The van der Waals surface area contributed by atoms with Gasteiger partial charge in [-0.2, -0.15) is 0 Å². The van der Waals surface area contributed by atoms with E-state index in [1.54, 1.807) is 48.5 Å². The Morgan fingerprint density at radius 3 is 2.24 bits per heavy atom. The lowest BCUT2D eigenvalue weighted by molar-refractivity contribution is 0.0980. The number of sulfonamides is 1. The van der Waals surface area contributed by atoms with E-state index < -0.39 is 20.7 Å². The van der Waals surface area contributed by atoms with Gasteiger partial charge in [-0.05, 0) is 74.4 Å². The number of nitrogens with one attached hydrogen (secondary N) is 1. The monoisotopic (exact) mass is 525 g/mol. The van der Waals surface area contributed by atoms with E-state index in [0.717, 1.165) is 37.4 Å². The lowest BCUT2D eigenvalue weighted by Gasteiger charge is -2.36. The second kappa shape index (κ2) is 10.5. The van der Waals surface area contributed by atoms with Crippen LogP contribution in [0.2, 0.25) is 0 Å². The Balaban J connectivity index is 1.33. The van der Waals surface area contributed by atoms with Gasteiger partial charge in [0.2, 0.25) is 10.0 Å². The van der Waals surface area contributed by atoms with Gasteiger partial charge in [-0.25, -0.2) is 17.5 Å². The zero-order chi connectivity index (χ0) is 26.8. The third-order valence-electron chi connectivity index (χ3n) is 6.50. The maximum Gasteiger partial charge on any atom is 0.264 e. The van der Waals surface area contributed by atoms with E-state index in [1.807, 2.05) is 18.2 Å². The Morgan fingerprint density at radius 2 is 1.65 bits per heavy atom. The van der Waals surface area contributed by atoms with Crippen molar-refractivity contribution in [3.05, 3.63) is 83.7 Å². The van der Waals surface area contributed by atoms with Crippen LogP contribution in [0.3, 0.4) is 0 Å².